The fourth-order valence-corrected chi connectivity index (χ4v) is 1.35. The van der Waals surface area contributed by atoms with Crippen molar-refractivity contribution in [1.29, 1.82) is 0 Å². The van der Waals surface area contributed by atoms with E-state index in [1.807, 2.05) is 6.08 Å². The van der Waals surface area contributed by atoms with Crippen LogP contribution in [0.25, 0.3) is 6.08 Å². The average molecular weight is 237 g/mol. The molecule has 1 rings (SSSR count). The molecule has 0 unspecified atom stereocenters. The van der Waals surface area contributed by atoms with Gasteiger partial charge in [-0.3, -0.25) is 4.79 Å². The summed E-state index contributed by atoms with van der Waals surface area (Å²) in [5.41, 5.74) is 0.740. The van der Waals surface area contributed by atoms with Crippen LogP contribution >= 0.6 is 0 Å². The van der Waals surface area contributed by atoms with E-state index in [-0.39, 0.29) is 11.7 Å². The first-order valence-corrected chi connectivity index (χ1v) is 5.37. The molecule has 92 valence electrons. The van der Waals surface area contributed by atoms with Gasteiger partial charge >= 0.3 is 0 Å². The molecule has 4 heteroatoms. The molecule has 1 N–H and O–H groups in total. The maximum absolute atomic E-state index is 13.1. The normalized spacial score (nSPS) is 10.5. The fourth-order valence-electron chi connectivity index (χ4n) is 1.35. The van der Waals surface area contributed by atoms with Crippen LogP contribution in [0.2, 0.25) is 0 Å². The maximum Gasteiger partial charge on any atom is 0.216 e. The van der Waals surface area contributed by atoms with Crippen LogP contribution in [0.15, 0.2) is 24.3 Å². The van der Waals surface area contributed by atoms with Crippen molar-refractivity contribution in [2.75, 3.05) is 13.7 Å². The highest BCUT2D eigenvalue weighted by atomic mass is 19.1. The molecule has 0 saturated carbocycles. The molecule has 0 bridgehead atoms. The van der Waals surface area contributed by atoms with Gasteiger partial charge in [-0.25, -0.2) is 4.39 Å². The standard InChI is InChI=1S/C13H16FNO2/c1-10(16)15-6-4-3-5-11-7-12(14)9-13(8-11)17-2/h3,5,7-9H,4,6H2,1-2H3,(H,15,16). The van der Waals surface area contributed by atoms with Gasteiger partial charge < -0.3 is 10.1 Å². The molecule has 17 heavy (non-hydrogen) atoms. The minimum Gasteiger partial charge on any atom is -0.497 e. The lowest BCUT2D eigenvalue weighted by atomic mass is 10.2. The quantitative estimate of drug-likeness (QED) is 0.798. The molecule has 1 aromatic carbocycles. The minimum atomic E-state index is -0.328. The van der Waals surface area contributed by atoms with Gasteiger partial charge in [0.25, 0.3) is 0 Å². The average Bonchev–Trinajstić information content (AvgIpc) is 2.27. The van der Waals surface area contributed by atoms with Crippen LogP contribution in [0.1, 0.15) is 18.9 Å². The molecule has 0 saturated heterocycles. The molecule has 0 aliphatic carbocycles. The zero-order chi connectivity index (χ0) is 12.7. The van der Waals surface area contributed by atoms with Crippen molar-refractivity contribution in [3.8, 4) is 5.75 Å². The van der Waals surface area contributed by atoms with Crippen LogP contribution in [-0.2, 0) is 4.79 Å². The lowest BCUT2D eigenvalue weighted by molar-refractivity contribution is -0.118. The van der Waals surface area contributed by atoms with Gasteiger partial charge in [0.1, 0.15) is 11.6 Å². The van der Waals surface area contributed by atoms with Gasteiger partial charge in [0.2, 0.25) is 5.91 Å². The Balaban J connectivity index is 2.52. The Kier molecular flexibility index (Phi) is 5.20. The van der Waals surface area contributed by atoms with Gasteiger partial charge in [-0.2, -0.15) is 0 Å². The minimum absolute atomic E-state index is 0.0502. The van der Waals surface area contributed by atoms with E-state index in [4.69, 9.17) is 4.74 Å². The van der Waals surface area contributed by atoms with Gasteiger partial charge in [0.15, 0.2) is 0 Å². The second kappa shape index (κ2) is 6.68. The van der Waals surface area contributed by atoms with Crippen molar-refractivity contribution in [2.45, 2.75) is 13.3 Å². The third-order valence-corrected chi connectivity index (χ3v) is 2.12. The van der Waals surface area contributed by atoms with Crippen molar-refractivity contribution in [3.63, 3.8) is 0 Å². The smallest absolute Gasteiger partial charge is 0.216 e. The van der Waals surface area contributed by atoms with Crippen molar-refractivity contribution < 1.29 is 13.9 Å². The summed E-state index contributed by atoms with van der Waals surface area (Å²) in [4.78, 5) is 10.6. The number of ether oxygens (including phenoxy) is 1. The van der Waals surface area contributed by atoms with E-state index in [9.17, 15) is 9.18 Å². The van der Waals surface area contributed by atoms with Crippen LogP contribution in [0.5, 0.6) is 5.75 Å². The van der Waals surface area contributed by atoms with Gasteiger partial charge in [-0.1, -0.05) is 12.2 Å². The molecule has 0 aromatic heterocycles. The molecule has 0 fully saturated rings. The third-order valence-electron chi connectivity index (χ3n) is 2.12. The number of nitrogens with one attached hydrogen (secondary N) is 1. The van der Waals surface area contributed by atoms with Gasteiger partial charge in [0, 0.05) is 19.5 Å². The van der Waals surface area contributed by atoms with E-state index in [1.54, 1.807) is 12.1 Å². The first-order chi connectivity index (χ1) is 8.11. The van der Waals surface area contributed by atoms with Crippen LogP contribution in [0.3, 0.4) is 0 Å². The summed E-state index contributed by atoms with van der Waals surface area (Å²) in [5.74, 6) is 0.114. The highest BCUT2D eigenvalue weighted by molar-refractivity contribution is 5.72. The van der Waals surface area contributed by atoms with Crippen molar-refractivity contribution in [2.24, 2.45) is 0 Å². The molecular formula is C13H16FNO2. The summed E-state index contributed by atoms with van der Waals surface area (Å²) in [5, 5.41) is 2.68. The Morgan fingerprint density at radius 2 is 2.24 bits per heavy atom. The second-order valence-electron chi connectivity index (χ2n) is 3.60. The molecule has 0 aliphatic heterocycles. The molecule has 3 nitrogen and oxygen atoms in total. The molecule has 0 aliphatic rings. The lowest BCUT2D eigenvalue weighted by Crippen LogP contribution is -2.20. The van der Waals surface area contributed by atoms with E-state index in [0.717, 1.165) is 5.56 Å². The van der Waals surface area contributed by atoms with E-state index in [1.165, 1.54) is 26.2 Å². The third kappa shape index (κ3) is 5.15. The van der Waals surface area contributed by atoms with Crippen molar-refractivity contribution in [3.05, 3.63) is 35.7 Å². The van der Waals surface area contributed by atoms with Gasteiger partial charge in [-0.15, -0.1) is 0 Å². The van der Waals surface area contributed by atoms with Gasteiger partial charge in [-0.05, 0) is 24.1 Å². The predicted octanol–water partition coefficient (Wildman–Crippen LogP) is 2.37. The number of amides is 1. The highest BCUT2D eigenvalue weighted by Crippen LogP contribution is 2.16. The largest absolute Gasteiger partial charge is 0.497 e. The summed E-state index contributed by atoms with van der Waals surface area (Å²) in [7, 11) is 1.50. The van der Waals surface area contributed by atoms with E-state index < -0.39 is 0 Å². The Morgan fingerprint density at radius 3 is 2.88 bits per heavy atom. The molecule has 0 spiro atoms. The van der Waals surface area contributed by atoms with Crippen molar-refractivity contribution in [1.82, 2.24) is 5.32 Å². The summed E-state index contributed by atoms with van der Waals surface area (Å²) in [6.45, 7) is 2.05. The number of carbonyl (C=O) groups excluding carboxylic acids is 1. The second-order valence-corrected chi connectivity index (χ2v) is 3.60. The van der Waals surface area contributed by atoms with E-state index in [0.29, 0.717) is 18.7 Å². The highest BCUT2D eigenvalue weighted by Gasteiger charge is 1.97. The number of hydrogen-bond acceptors (Lipinski definition) is 2. The first kappa shape index (κ1) is 13.2. The number of methoxy groups -OCH3 is 1. The zero-order valence-corrected chi connectivity index (χ0v) is 10.00. The predicted molar refractivity (Wildman–Crippen MR) is 65.3 cm³/mol. The fraction of sp³-hybridized carbons (Fsp3) is 0.308. The Bertz CT molecular complexity index is 416. The zero-order valence-electron chi connectivity index (χ0n) is 10.00. The van der Waals surface area contributed by atoms with Crippen molar-refractivity contribution >= 4 is 12.0 Å². The SMILES string of the molecule is COc1cc(F)cc(C=CCCNC(C)=O)c1. The number of hydrogen-bond donors (Lipinski definition) is 1. The lowest BCUT2D eigenvalue weighted by Gasteiger charge is -2.01. The molecule has 1 aromatic rings. The maximum atomic E-state index is 13.1. The van der Waals surface area contributed by atoms with Crippen LogP contribution < -0.4 is 10.1 Å². The monoisotopic (exact) mass is 237 g/mol. The summed E-state index contributed by atoms with van der Waals surface area (Å²) in [6, 6.07) is 4.50. The number of halogens is 1. The van der Waals surface area contributed by atoms with Crippen LogP contribution in [-0.4, -0.2) is 19.6 Å². The topological polar surface area (TPSA) is 38.3 Å². The number of benzene rings is 1. The van der Waals surface area contributed by atoms with E-state index in [2.05, 4.69) is 5.32 Å². The summed E-state index contributed by atoms with van der Waals surface area (Å²) < 4.78 is 18.1. The summed E-state index contributed by atoms with van der Waals surface area (Å²) >= 11 is 0. The molecule has 0 radical (unpaired) electrons. The van der Waals surface area contributed by atoms with Crippen LogP contribution in [0, 0.1) is 5.82 Å². The molecule has 0 heterocycles. The molecule has 0 atom stereocenters. The van der Waals surface area contributed by atoms with Gasteiger partial charge in [0.05, 0.1) is 7.11 Å². The molecule has 1 amide bonds. The number of carbonyl (C=O) groups is 1. The Hall–Kier alpha value is -1.84. The Morgan fingerprint density at radius 1 is 1.47 bits per heavy atom. The van der Waals surface area contributed by atoms with E-state index >= 15 is 0 Å². The Labute approximate surface area is 100 Å². The van der Waals surface area contributed by atoms with Crippen LogP contribution in [0.4, 0.5) is 4.39 Å². The first-order valence-electron chi connectivity index (χ1n) is 5.37. The number of rotatable bonds is 5. The summed E-state index contributed by atoms with van der Waals surface area (Å²) in [6.07, 6.45) is 4.38. The molecular weight excluding hydrogens is 221 g/mol.